The highest BCUT2D eigenvalue weighted by Gasteiger charge is 2.21. The molecular formula is C32H36I2N7+. The van der Waals surface area contributed by atoms with Crippen molar-refractivity contribution in [2.45, 2.75) is 65.5 Å². The topological polar surface area (TPSA) is 65.3 Å². The predicted octanol–water partition coefficient (Wildman–Crippen LogP) is 6.93. The molecule has 0 saturated heterocycles. The number of benzene rings is 2. The van der Waals surface area contributed by atoms with Crippen LogP contribution in [0, 0.1) is 7.40 Å². The van der Waals surface area contributed by atoms with E-state index >= 15 is 0 Å². The monoisotopic (exact) mass is 772 g/mol. The van der Waals surface area contributed by atoms with Crippen molar-refractivity contribution >= 4 is 45.2 Å². The first-order valence-electron chi connectivity index (χ1n) is 13.7. The van der Waals surface area contributed by atoms with Crippen molar-refractivity contribution in [2.75, 3.05) is 0 Å². The molecule has 0 radical (unpaired) electrons. The fraction of sp³-hybridized carbons (Fsp3) is 0.344. The summed E-state index contributed by atoms with van der Waals surface area (Å²) in [6, 6.07) is 19.7. The Hall–Kier alpha value is -2.67. The van der Waals surface area contributed by atoms with Crippen molar-refractivity contribution < 1.29 is 4.57 Å². The average molecular weight is 772 g/mol. The molecule has 0 unspecified atom stereocenters. The summed E-state index contributed by atoms with van der Waals surface area (Å²) >= 11 is 4.70. The van der Waals surface area contributed by atoms with Gasteiger partial charge in [-0.1, -0.05) is 101 Å². The zero-order chi connectivity index (χ0) is 29.5. The Morgan fingerprint density at radius 2 is 1.00 bits per heavy atom. The maximum Gasteiger partial charge on any atom is 0.178 e. The van der Waals surface area contributed by atoms with Gasteiger partial charge in [-0.2, -0.15) is 0 Å². The lowest BCUT2D eigenvalue weighted by Crippen LogP contribution is -2.27. The molecule has 3 heterocycles. The fourth-order valence-electron chi connectivity index (χ4n) is 4.70. The van der Waals surface area contributed by atoms with E-state index in [0.717, 1.165) is 29.9 Å². The fourth-order valence-corrected chi connectivity index (χ4v) is 6.07. The van der Waals surface area contributed by atoms with Crippen LogP contribution in [0.2, 0.25) is 0 Å². The molecule has 212 valence electrons. The maximum absolute atomic E-state index is 4.57. The van der Waals surface area contributed by atoms with Crippen LogP contribution in [0.1, 0.15) is 63.8 Å². The Balaban J connectivity index is 1.38. The molecule has 5 aromatic rings. The van der Waals surface area contributed by atoms with E-state index < -0.39 is 0 Å². The van der Waals surface area contributed by atoms with Gasteiger partial charge in [0.1, 0.15) is 25.8 Å². The first kappa shape index (κ1) is 29.8. The lowest BCUT2D eigenvalue weighted by atomic mass is 9.87. The van der Waals surface area contributed by atoms with E-state index in [0.29, 0.717) is 13.1 Å². The molecule has 0 aliphatic rings. The summed E-state index contributed by atoms with van der Waals surface area (Å²) in [5, 5.41) is 18.1. The molecule has 0 aliphatic heterocycles. The van der Waals surface area contributed by atoms with Gasteiger partial charge in [0.25, 0.3) is 0 Å². The van der Waals surface area contributed by atoms with Crippen molar-refractivity contribution in [3.63, 3.8) is 0 Å². The zero-order valence-electron chi connectivity index (χ0n) is 24.7. The molecule has 5 rings (SSSR count). The highest BCUT2D eigenvalue weighted by molar-refractivity contribution is 14.1. The van der Waals surface area contributed by atoms with Gasteiger partial charge >= 0.3 is 0 Å². The summed E-state index contributed by atoms with van der Waals surface area (Å²) in [6.45, 7) is 14.7. The predicted molar refractivity (Wildman–Crippen MR) is 180 cm³/mol. The largest absolute Gasteiger partial charge is 0.234 e. The van der Waals surface area contributed by atoms with Gasteiger partial charge in [-0.05, 0) is 84.3 Å². The Morgan fingerprint density at radius 3 is 1.34 bits per heavy atom. The molecule has 9 heteroatoms. The molecule has 41 heavy (non-hydrogen) atoms. The number of rotatable bonds is 6. The molecule has 0 bridgehead atoms. The summed E-state index contributed by atoms with van der Waals surface area (Å²) < 4.78 is 7.96. The van der Waals surface area contributed by atoms with Crippen LogP contribution in [0.5, 0.6) is 0 Å². The van der Waals surface area contributed by atoms with E-state index in [1.54, 1.807) is 0 Å². The Labute approximate surface area is 269 Å². The second kappa shape index (κ2) is 11.5. The molecule has 0 saturated carbocycles. The van der Waals surface area contributed by atoms with Gasteiger partial charge in [-0.25, -0.2) is 13.9 Å². The van der Waals surface area contributed by atoms with Crippen LogP contribution in [-0.4, -0.2) is 30.0 Å². The van der Waals surface area contributed by atoms with E-state index in [-0.39, 0.29) is 10.8 Å². The lowest BCUT2D eigenvalue weighted by molar-refractivity contribution is -0.670. The van der Waals surface area contributed by atoms with E-state index in [2.05, 4.69) is 174 Å². The quantitative estimate of drug-likeness (QED) is 0.139. The van der Waals surface area contributed by atoms with Gasteiger partial charge in [-0.3, -0.25) is 0 Å². The van der Waals surface area contributed by atoms with Crippen LogP contribution in [0.3, 0.4) is 0 Å². The molecule has 0 fully saturated rings. The summed E-state index contributed by atoms with van der Waals surface area (Å²) in [5.41, 5.74) is 9.01. The smallest absolute Gasteiger partial charge is 0.178 e. The minimum Gasteiger partial charge on any atom is -0.234 e. The highest BCUT2D eigenvalue weighted by Crippen LogP contribution is 2.29. The standard InChI is InChI=1S/C32H36I2N7/c1-31(2,3)25-12-8-21(9-13-25)17-40-29(33)27(35-37-40)23-16-24(20-39(7)19-23)28-30(34)41(38-36-28)18-22-10-14-26(15-11-22)32(4,5)6/h8-16,19-20H,17-18H2,1-7H3/q+1. The third-order valence-electron chi connectivity index (χ3n) is 7.20. The Morgan fingerprint density at radius 1 is 0.634 bits per heavy atom. The van der Waals surface area contributed by atoms with Gasteiger partial charge in [0.15, 0.2) is 12.4 Å². The number of hydrogen-bond donors (Lipinski definition) is 0. The van der Waals surface area contributed by atoms with Gasteiger partial charge < -0.3 is 0 Å². The minimum absolute atomic E-state index is 0.134. The molecule has 0 aliphatic carbocycles. The lowest BCUT2D eigenvalue weighted by Gasteiger charge is -2.19. The van der Waals surface area contributed by atoms with Crippen LogP contribution in [0.4, 0.5) is 0 Å². The van der Waals surface area contributed by atoms with Gasteiger partial charge in [0.05, 0.1) is 24.2 Å². The molecule has 7 nitrogen and oxygen atoms in total. The molecule has 0 amide bonds. The number of hydrogen-bond acceptors (Lipinski definition) is 4. The average Bonchev–Trinajstić information content (AvgIpc) is 3.45. The third kappa shape index (κ3) is 6.71. The maximum atomic E-state index is 4.57. The molecule has 3 aromatic heterocycles. The zero-order valence-corrected chi connectivity index (χ0v) is 29.0. The number of aryl methyl sites for hydroxylation is 1. The number of halogens is 2. The Bertz CT molecular complexity index is 1550. The van der Waals surface area contributed by atoms with Crippen LogP contribution in [0.15, 0.2) is 67.0 Å². The molecule has 0 atom stereocenters. The van der Waals surface area contributed by atoms with E-state index in [1.807, 2.05) is 21.0 Å². The first-order chi connectivity index (χ1) is 19.3. The van der Waals surface area contributed by atoms with Crippen molar-refractivity contribution in [3.05, 3.63) is 96.6 Å². The van der Waals surface area contributed by atoms with Gasteiger partial charge in [0, 0.05) is 0 Å². The van der Waals surface area contributed by atoms with Crippen LogP contribution >= 0.6 is 45.2 Å². The third-order valence-corrected chi connectivity index (χ3v) is 9.33. The van der Waals surface area contributed by atoms with Gasteiger partial charge in [0.2, 0.25) is 0 Å². The molecule has 2 aromatic carbocycles. The summed E-state index contributed by atoms with van der Waals surface area (Å²) in [4.78, 5) is 0. The SMILES string of the molecule is C[n+]1cc(-c2nnn(Cc3ccc(C(C)(C)C)cc3)c2I)cc(-c2nnn(Cc3ccc(C(C)(C)C)cc3)c2I)c1. The summed E-state index contributed by atoms with van der Waals surface area (Å²) in [7, 11) is 2.02. The normalized spacial score (nSPS) is 12.2. The highest BCUT2D eigenvalue weighted by atomic mass is 127. The number of nitrogens with zero attached hydrogens (tertiary/aromatic N) is 7. The van der Waals surface area contributed by atoms with Gasteiger partial charge in [-0.15, -0.1) is 10.2 Å². The minimum atomic E-state index is 0.134. The second-order valence-electron chi connectivity index (χ2n) is 12.6. The van der Waals surface area contributed by atoms with E-state index in [9.17, 15) is 0 Å². The van der Waals surface area contributed by atoms with Crippen molar-refractivity contribution in [3.8, 4) is 22.5 Å². The number of pyridine rings is 1. The Kier molecular flexibility index (Phi) is 8.39. The van der Waals surface area contributed by atoms with Crippen molar-refractivity contribution in [1.82, 2.24) is 30.0 Å². The van der Waals surface area contributed by atoms with E-state index in [1.165, 1.54) is 22.3 Å². The summed E-state index contributed by atoms with van der Waals surface area (Å²) in [5.74, 6) is 0. The van der Waals surface area contributed by atoms with Crippen LogP contribution < -0.4 is 4.57 Å². The van der Waals surface area contributed by atoms with Crippen molar-refractivity contribution in [1.29, 1.82) is 0 Å². The van der Waals surface area contributed by atoms with Crippen LogP contribution in [-0.2, 0) is 31.0 Å². The van der Waals surface area contributed by atoms with E-state index in [4.69, 9.17) is 0 Å². The van der Waals surface area contributed by atoms with Crippen molar-refractivity contribution in [2.24, 2.45) is 7.05 Å². The summed E-state index contributed by atoms with van der Waals surface area (Å²) in [6.07, 6.45) is 4.15. The molecule has 0 spiro atoms. The molecular weight excluding hydrogens is 736 g/mol. The number of aromatic nitrogens is 7. The molecule has 0 N–H and O–H groups in total. The van der Waals surface area contributed by atoms with Crippen LogP contribution in [0.25, 0.3) is 22.5 Å². The first-order valence-corrected chi connectivity index (χ1v) is 15.8. The second-order valence-corrected chi connectivity index (χ2v) is 14.7.